The van der Waals surface area contributed by atoms with E-state index in [4.69, 9.17) is 12.2 Å². The van der Waals surface area contributed by atoms with Gasteiger partial charge in [0.05, 0.1) is 0 Å². The minimum Gasteiger partial charge on any atom is -0.332 e. The first kappa shape index (κ1) is 13.9. The second-order valence-corrected chi connectivity index (χ2v) is 5.48. The highest BCUT2D eigenvalue weighted by Gasteiger charge is 2.11. The van der Waals surface area contributed by atoms with Crippen molar-refractivity contribution in [3.05, 3.63) is 59.2 Å². The number of nitrogens with one attached hydrogen (secondary N) is 2. The predicted octanol–water partition coefficient (Wildman–Crippen LogP) is 4.26. The quantitative estimate of drug-likeness (QED) is 0.811. The number of halogens is 2. The van der Waals surface area contributed by atoms with E-state index in [1.54, 1.807) is 0 Å². The molecule has 2 nitrogen and oxygen atoms in total. The maximum absolute atomic E-state index is 13.1. The smallest absolute Gasteiger partial charge is 0.175 e. The van der Waals surface area contributed by atoms with Gasteiger partial charge in [-0.1, -0.05) is 6.07 Å². The highest BCUT2D eigenvalue weighted by Crippen LogP contribution is 2.25. The van der Waals surface area contributed by atoms with Crippen molar-refractivity contribution in [1.82, 2.24) is 0 Å². The number of thiocarbonyl (C=S) groups is 1. The average molecular weight is 304 g/mol. The van der Waals surface area contributed by atoms with Crippen LogP contribution >= 0.6 is 12.2 Å². The van der Waals surface area contributed by atoms with Gasteiger partial charge in [0, 0.05) is 17.4 Å². The molecule has 0 bridgehead atoms. The maximum atomic E-state index is 13.1. The van der Waals surface area contributed by atoms with Crippen LogP contribution in [0, 0.1) is 11.6 Å². The molecule has 0 saturated heterocycles. The van der Waals surface area contributed by atoms with Crippen molar-refractivity contribution in [3.63, 3.8) is 0 Å². The Morgan fingerprint density at radius 2 is 1.52 bits per heavy atom. The summed E-state index contributed by atoms with van der Waals surface area (Å²) in [5.74, 6) is -1.28. The zero-order valence-electron chi connectivity index (χ0n) is 11.2. The molecule has 5 heteroatoms. The van der Waals surface area contributed by atoms with Crippen molar-refractivity contribution in [1.29, 1.82) is 0 Å². The highest BCUT2D eigenvalue weighted by molar-refractivity contribution is 7.80. The molecule has 0 unspecified atom stereocenters. The van der Waals surface area contributed by atoms with E-state index >= 15 is 0 Å². The molecule has 2 aromatic carbocycles. The molecule has 21 heavy (non-hydrogen) atoms. The van der Waals surface area contributed by atoms with Crippen molar-refractivity contribution < 1.29 is 8.78 Å². The summed E-state index contributed by atoms with van der Waals surface area (Å²) in [4.78, 5) is 0. The van der Waals surface area contributed by atoms with Crippen molar-refractivity contribution in [2.45, 2.75) is 19.3 Å². The summed E-state index contributed by atoms with van der Waals surface area (Å²) in [5.41, 5.74) is 3.88. The lowest BCUT2D eigenvalue weighted by atomic mass is 10.1. The molecule has 0 amide bonds. The fourth-order valence-electron chi connectivity index (χ4n) is 2.57. The van der Waals surface area contributed by atoms with E-state index in [1.165, 1.54) is 29.7 Å². The largest absolute Gasteiger partial charge is 0.332 e. The van der Waals surface area contributed by atoms with Gasteiger partial charge in [-0.3, -0.25) is 0 Å². The number of fused-ring (bicyclic) bond motifs is 1. The Hall–Kier alpha value is -2.01. The standard InChI is InChI=1S/C16H14F2N2S/c17-12-7-13(18)9-15(8-12)20-16(21)19-14-5-4-10-2-1-3-11(10)6-14/h4-9H,1-3H2,(H2,19,20,21). The van der Waals surface area contributed by atoms with Gasteiger partial charge in [0.1, 0.15) is 11.6 Å². The van der Waals surface area contributed by atoms with Crippen LogP contribution in [0.1, 0.15) is 17.5 Å². The van der Waals surface area contributed by atoms with E-state index in [1.807, 2.05) is 6.07 Å². The van der Waals surface area contributed by atoms with E-state index in [-0.39, 0.29) is 5.69 Å². The third-order valence-electron chi connectivity index (χ3n) is 3.48. The van der Waals surface area contributed by atoms with Crippen LogP contribution in [0.4, 0.5) is 20.2 Å². The van der Waals surface area contributed by atoms with E-state index in [2.05, 4.69) is 22.8 Å². The van der Waals surface area contributed by atoms with Crippen LogP contribution in [0.15, 0.2) is 36.4 Å². The van der Waals surface area contributed by atoms with Crippen molar-refractivity contribution in [2.24, 2.45) is 0 Å². The van der Waals surface area contributed by atoms with Gasteiger partial charge < -0.3 is 10.6 Å². The monoisotopic (exact) mass is 304 g/mol. The Kier molecular flexibility index (Phi) is 3.84. The predicted molar refractivity (Wildman–Crippen MR) is 84.7 cm³/mol. The van der Waals surface area contributed by atoms with Gasteiger partial charge in [0.25, 0.3) is 0 Å². The first-order chi connectivity index (χ1) is 10.1. The van der Waals surface area contributed by atoms with E-state index < -0.39 is 11.6 Å². The molecule has 108 valence electrons. The van der Waals surface area contributed by atoms with Crippen molar-refractivity contribution in [2.75, 3.05) is 10.6 Å². The summed E-state index contributed by atoms with van der Waals surface area (Å²) in [5, 5.41) is 6.12. The number of hydrogen-bond acceptors (Lipinski definition) is 1. The lowest BCUT2D eigenvalue weighted by Gasteiger charge is -2.12. The van der Waals surface area contributed by atoms with Crippen LogP contribution in [-0.2, 0) is 12.8 Å². The summed E-state index contributed by atoms with van der Waals surface area (Å²) in [6.45, 7) is 0. The Morgan fingerprint density at radius 1 is 0.857 bits per heavy atom. The molecular weight excluding hydrogens is 290 g/mol. The molecule has 1 aliphatic rings. The Labute approximate surface area is 127 Å². The zero-order valence-corrected chi connectivity index (χ0v) is 12.1. The summed E-state index contributed by atoms with van der Waals surface area (Å²) in [7, 11) is 0. The van der Waals surface area contributed by atoms with Gasteiger partial charge in [-0.05, 0) is 66.9 Å². The van der Waals surface area contributed by atoms with Gasteiger partial charge in [-0.2, -0.15) is 0 Å². The van der Waals surface area contributed by atoms with Crippen molar-refractivity contribution >= 4 is 28.7 Å². The van der Waals surface area contributed by atoms with Gasteiger partial charge >= 0.3 is 0 Å². The van der Waals surface area contributed by atoms with Crippen LogP contribution in [0.2, 0.25) is 0 Å². The highest BCUT2D eigenvalue weighted by atomic mass is 32.1. The van der Waals surface area contributed by atoms with Crippen LogP contribution < -0.4 is 10.6 Å². The Bertz CT molecular complexity index is 680. The molecule has 0 radical (unpaired) electrons. The number of rotatable bonds is 2. The lowest BCUT2D eigenvalue weighted by Crippen LogP contribution is -2.19. The second-order valence-electron chi connectivity index (χ2n) is 5.07. The van der Waals surface area contributed by atoms with E-state index in [0.29, 0.717) is 5.11 Å². The Balaban J connectivity index is 1.69. The summed E-state index contributed by atoms with van der Waals surface area (Å²) < 4.78 is 26.2. The summed E-state index contributed by atoms with van der Waals surface area (Å²) in [6.07, 6.45) is 3.39. The minimum atomic E-state index is -0.641. The van der Waals surface area contributed by atoms with Crippen LogP contribution in [0.3, 0.4) is 0 Å². The molecule has 0 spiro atoms. The summed E-state index contributed by atoms with van der Waals surface area (Å²) >= 11 is 5.17. The fourth-order valence-corrected chi connectivity index (χ4v) is 2.80. The van der Waals surface area contributed by atoms with Crippen LogP contribution in [-0.4, -0.2) is 5.11 Å². The fraction of sp³-hybridized carbons (Fsp3) is 0.188. The molecule has 0 atom stereocenters. The van der Waals surface area contributed by atoms with E-state index in [0.717, 1.165) is 24.6 Å². The number of hydrogen-bond donors (Lipinski definition) is 2. The molecular formula is C16H14F2N2S. The molecule has 0 aromatic heterocycles. The molecule has 1 aliphatic carbocycles. The van der Waals surface area contributed by atoms with Gasteiger partial charge in [0.15, 0.2) is 5.11 Å². The van der Waals surface area contributed by atoms with Gasteiger partial charge in [-0.25, -0.2) is 8.78 Å². The topological polar surface area (TPSA) is 24.1 Å². The first-order valence-electron chi connectivity index (χ1n) is 6.76. The van der Waals surface area contributed by atoms with Crippen LogP contribution in [0.25, 0.3) is 0 Å². The maximum Gasteiger partial charge on any atom is 0.175 e. The average Bonchev–Trinajstić information content (AvgIpc) is 2.84. The molecule has 2 aromatic rings. The van der Waals surface area contributed by atoms with E-state index in [9.17, 15) is 8.78 Å². The van der Waals surface area contributed by atoms with Gasteiger partial charge in [-0.15, -0.1) is 0 Å². The molecule has 3 rings (SSSR count). The van der Waals surface area contributed by atoms with Crippen LogP contribution in [0.5, 0.6) is 0 Å². The lowest BCUT2D eigenvalue weighted by molar-refractivity contribution is 0.584. The molecule has 0 fully saturated rings. The van der Waals surface area contributed by atoms with Gasteiger partial charge in [0.2, 0.25) is 0 Å². The molecule has 0 saturated carbocycles. The molecule has 2 N–H and O–H groups in total. The van der Waals surface area contributed by atoms with Crippen molar-refractivity contribution in [3.8, 4) is 0 Å². The second kappa shape index (κ2) is 5.77. The summed E-state index contributed by atoms with van der Waals surface area (Å²) in [6, 6.07) is 9.34. The first-order valence-corrected chi connectivity index (χ1v) is 7.17. The number of benzene rings is 2. The number of anilines is 2. The molecule has 0 heterocycles. The Morgan fingerprint density at radius 3 is 2.29 bits per heavy atom. The minimum absolute atomic E-state index is 0.283. The molecule has 0 aliphatic heterocycles. The normalized spacial score (nSPS) is 12.9. The third-order valence-corrected chi connectivity index (χ3v) is 3.68. The third kappa shape index (κ3) is 3.36. The zero-order chi connectivity index (χ0) is 14.8. The SMILES string of the molecule is Fc1cc(F)cc(NC(=S)Nc2ccc3c(c2)CCC3)c1. The number of aryl methyl sites for hydroxylation is 2.